The Kier molecular flexibility index (Phi) is 2.34. The second-order valence-electron chi connectivity index (χ2n) is 3.22. The van der Waals surface area contributed by atoms with Gasteiger partial charge < -0.3 is 16.4 Å². The second-order valence-corrected chi connectivity index (χ2v) is 3.22. The first-order chi connectivity index (χ1) is 5.15. The first-order valence-electron chi connectivity index (χ1n) is 3.91. The summed E-state index contributed by atoms with van der Waals surface area (Å²) in [6.07, 6.45) is 0.986. The third kappa shape index (κ3) is 1.63. The Morgan fingerprint density at radius 3 is 2.73 bits per heavy atom. The van der Waals surface area contributed by atoms with Gasteiger partial charge in [0.1, 0.15) is 0 Å². The molecule has 1 fully saturated rings. The molecule has 0 saturated carbocycles. The molecular formula is C7H15N3O. The van der Waals surface area contributed by atoms with Crippen molar-refractivity contribution in [2.75, 3.05) is 13.1 Å². The first kappa shape index (κ1) is 8.33. The molecule has 11 heavy (non-hydrogen) atoms. The number of hydrogen-bond acceptors (Lipinski definition) is 2. The van der Waals surface area contributed by atoms with Crippen LogP contribution in [-0.4, -0.2) is 30.1 Å². The van der Waals surface area contributed by atoms with Gasteiger partial charge in [0.25, 0.3) is 0 Å². The minimum atomic E-state index is -0.343. The smallest absolute Gasteiger partial charge is 0.315 e. The average molecular weight is 157 g/mol. The molecule has 1 rings (SSSR count). The molecule has 4 N–H and O–H groups in total. The molecule has 0 spiro atoms. The van der Waals surface area contributed by atoms with Crippen molar-refractivity contribution >= 4 is 6.03 Å². The molecule has 0 aromatic carbocycles. The van der Waals surface area contributed by atoms with Crippen LogP contribution in [0.25, 0.3) is 0 Å². The monoisotopic (exact) mass is 157 g/mol. The standard InChI is InChI=1S/C7H15N3O/c1-5-2-6(3-8)10(4-5)7(9)11/h5-6H,2-4,8H2,1H3,(H2,9,11). The van der Waals surface area contributed by atoms with E-state index in [1.165, 1.54) is 0 Å². The summed E-state index contributed by atoms with van der Waals surface area (Å²) in [6.45, 7) is 3.38. The summed E-state index contributed by atoms with van der Waals surface area (Å²) in [6, 6.07) is -0.174. The third-order valence-corrected chi connectivity index (χ3v) is 2.18. The molecule has 0 aromatic rings. The number of nitrogens with zero attached hydrogens (tertiary/aromatic N) is 1. The predicted octanol–water partition coefficient (Wildman–Crippen LogP) is -0.266. The van der Waals surface area contributed by atoms with Crippen LogP contribution in [0.4, 0.5) is 4.79 Å². The average Bonchev–Trinajstić information content (AvgIpc) is 2.30. The van der Waals surface area contributed by atoms with Crippen LogP contribution in [0.2, 0.25) is 0 Å². The third-order valence-electron chi connectivity index (χ3n) is 2.18. The van der Waals surface area contributed by atoms with E-state index in [1.807, 2.05) is 0 Å². The molecule has 2 unspecified atom stereocenters. The van der Waals surface area contributed by atoms with E-state index in [0.29, 0.717) is 12.5 Å². The highest BCUT2D eigenvalue weighted by Crippen LogP contribution is 2.21. The lowest BCUT2D eigenvalue weighted by Crippen LogP contribution is -2.43. The van der Waals surface area contributed by atoms with Crippen LogP contribution in [0, 0.1) is 5.92 Å². The number of carbonyl (C=O) groups is 1. The largest absolute Gasteiger partial charge is 0.351 e. The molecule has 1 heterocycles. The number of primary amides is 1. The maximum Gasteiger partial charge on any atom is 0.315 e. The second kappa shape index (κ2) is 3.09. The molecule has 1 aliphatic heterocycles. The van der Waals surface area contributed by atoms with Crippen LogP contribution in [0.15, 0.2) is 0 Å². The van der Waals surface area contributed by atoms with E-state index in [2.05, 4.69) is 6.92 Å². The lowest BCUT2D eigenvalue weighted by Gasteiger charge is -2.20. The highest BCUT2D eigenvalue weighted by atomic mass is 16.2. The van der Waals surface area contributed by atoms with E-state index in [0.717, 1.165) is 13.0 Å². The molecule has 1 aliphatic rings. The van der Waals surface area contributed by atoms with Crippen molar-refractivity contribution in [1.82, 2.24) is 4.90 Å². The van der Waals surface area contributed by atoms with Crippen molar-refractivity contribution in [3.05, 3.63) is 0 Å². The number of likely N-dealkylation sites (tertiary alicyclic amines) is 1. The molecule has 0 aromatic heterocycles. The summed E-state index contributed by atoms with van der Waals surface area (Å²) >= 11 is 0. The lowest BCUT2D eigenvalue weighted by molar-refractivity contribution is 0.203. The van der Waals surface area contributed by atoms with Gasteiger partial charge in [0, 0.05) is 19.1 Å². The molecule has 0 aliphatic carbocycles. The van der Waals surface area contributed by atoms with Crippen molar-refractivity contribution in [2.45, 2.75) is 19.4 Å². The van der Waals surface area contributed by atoms with Gasteiger partial charge in [-0.2, -0.15) is 0 Å². The zero-order valence-electron chi connectivity index (χ0n) is 6.79. The van der Waals surface area contributed by atoms with Gasteiger partial charge >= 0.3 is 6.03 Å². The van der Waals surface area contributed by atoms with E-state index >= 15 is 0 Å². The summed E-state index contributed by atoms with van der Waals surface area (Å²) in [7, 11) is 0. The Balaban J connectivity index is 2.57. The quantitative estimate of drug-likeness (QED) is 0.550. The SMILES string of the molecule is CC1CC(CN)N(C(N)=O)C1. The summed E-state index contributed by atoms with van der Waals surface area (Å²) < 4.78 is 0. The molecule has 2 atom stereocenters. The molecule has 4 heteroatoms. The Morgan fingerprint density at radius 2 is 2.36 bits per heavy atom. The lowest BCUT2D eigenvalue weighted by atomic mass is 10.1. The number of nitrogens with two attached hydrogens (primary N) is 2. The number of hydrogen-bond donors (Lipinski definition) is 2. The fraction of sp³-hybridized carbons (Fsp3) is 0.857. The van der Waals surface area contributed by atoms with Crippen LogP contribution in [-0.2, 0) is 0 Å². The number of amides is 2. The normalized spacial score (nSPS) is 30.9. The zero-order valence-corrected chi connectivity index (χ0v) is 6.79. The van der Waals surface area contributed by atoms with Crippen LogP contribution in [0.3, 0.4) is 0 Å². The molecule has 0 radical (unpaired) electrons. The minimum absolute atomic E-state index is 0.169. The van der Waals surface area contributed by atoms with Crippen molar-refractivity contribution in [1.29, 1.82) is 0 Å². The summed E-state index contributed by atoms with van der Waals surface area (Å²) in [5.41, 5.74) is 10.6. The van der Waals surface area contributed by atoms with Crippen molar-refractivity contribution in [3.63, 3.8) is 0 Å². The summed E-state index contributed by atoms with van der Waals surface area (Å²) in [5, 5.41) is 0. The van der Waals surface area contributed by atoms with Crippen LogP contribution < -0.4 is 11.5 Å². The molecular weight excluding hydrogens is 142 g/mol. The maximum atomic E-state index is 10.8. The van der Waals surface area contributed by atoms with Crippen molar-refractivity contribution in [2.24, 2.45) is 17.4 Å². The summed E-state index contributed by atoms with van der Waals surface area (Å²) in [5.74, 6) is 0.538. The van der Waals surface area contributed by atoms with E-state index in [-0.39, 0.29) is 12.1 Å². The van der Waals surface area contributed by atoms with Gasteiger partial charge in [-0.05, 0) is 12.3 Å². The van der Waals surface area contributed by atoms with E-state index in [9.17, 15) is 4.79 Å². The minimum Gasteiger partial charge on any atom is -0.351 e. The topological polar surface area (TPSA) is 72.3 Å². The molecule has 4 nitrogen and oxygen atoms in total. The Hall–Kier alpha value is -0.770. The van der Waals surface area contributed by atoms with Crippen molar-refractivity contribution < 1.29 is 4.79 Å². The molecule has 0 bridgehead atoms. The van der Waals surface area contributed by atoms with Crippen molar-refractivity contribution in [3.8, 4) is 0 Å². The van der Waals surface area contributed by atoms with E-state index in [4.69, 9.17) is 11.5 Å². The van der Waals surface area contributed by atoms with Crippen LogP contribution in [0.1, 0.15) is 13.3 Å². The maximum absolute atomic E-state index is 10.8. The van der Waals surface area contributed by atoms with Gasteiger partial charge in [-0.15, -0.1) is 0 Å². The number of carbonyl (C=O) groups excluding carboxylic acids is 1. The fourth-order valence-electron chi connectivity index (χ4n) is 1.64. The Labute approximate surface area is 66.5 Å². The van der Waals surface area contributed by atoms with Gasteiger partial charge in [-0.3, -0.25) is 0 Å². The number of rotatable bonds is 1. The van der Waals surface area contributed by atoms with Gasteiger partial charge in [0.15, 0.2) is 0 Å². The van der Waals surface area contributed by atoms with Gasteiger partial charge in [0.05, 0.1) is 0 Å². The first-order valence-corrected chi connectivity index (χ1v) is 3.91. The van der Waals surface area contributed by atoms with E-state index in [1.54, 1.807) is 4.90 Å². The predicted molar refractivity (Wildman–Crippen MR) is 42.9 cm³/mol. The molecule has 2 amide bonds. The van der Waals surface area contributed by atoms with Crippen LogP contribution >= 0.6 is 0 Å². The van der Waals surface area contributed by atoms with Gasteiger partial charge in [0.2, 0.25) is 0 Å². The van der Waals surface area contributed by atoms with Crippen LogP contribution in [0.5, 0.6) is 0 Å². The Morgan fingerprint density at radius 1 is 1.73 bits per heavy atom. The highest BCUT2D eigenvalue weighted by Gasteiger charge is 2.30. The van der Waals surface area contributed by atoms with E-state index < -0.39 is 0 Å². The van der Waals surface area contributed by atoms with Gasteiger partial charge in [-0.25, -0.2) is 4.79 Å². The molecule has 1 saturated heterocycles. The number of urea groups is 1. The highest BCUT2D eigenvalue weighted by molar-refractivity contribution is 5.72. The zero-order chi connectivity index (χ0) is 8.43. The fourth-order valence-corrected chi connectivity index (χ4v) is 1.64. The summed E-state index contributed by atoms with van der Waals surface area (Å²) in [4.78, 5) is 12.5. The molecule has 64 valence electrons. The van der Waals surface area contributed by atoms with Gasteiger partial charge in [-0.1, -0.05) is 6.92 Å². The Bertz CT molecular complexity index is 160.